The second-order valence-electron chi connectivity index (χ2n) is 4.54. The highest BCUT2D eigenvalue weighted by Crippen LogP contribution is 2.14. The van der Waals surface area contributed by atoms with E-state index in [4.69, 9.17) is 11.6 Å². The molecule has 0 radical (unpaired) electrons. The molecule has 22 heavy (non-hydrogen) atoms. The van der Waals surface area contributed by atoms with Gasteiger partial charge in [0.1, 0.15) is 5.75 Å². The van der Waals surface area contributed by atoms with E-state index in [2.05, 4.69) is 10.6 Å². The number of carbonyl (C=O) groups is 2. The number of hydrogen-bond acceptors (Lipinski definition) is 3. The van der Waals surface area contributed by atoms with Crippen molar-refractivity contribution in [2.24, 2.45) is 0 Å². The number of nitrogens with one attached hydrogen (secondary N) is 2. The average Bonchev–Trinajstić information content (AvgIpc) is 2.52. The maximum absolute atomic E-state index is 11.8. The Balaban J connectivity index is 1.77. The van der Waals surface area contributed by atoms with Gasteiger partial charge in [-0.05, 0) is 36.4 Å². The zero-order chi connectivity index (χ0) is 15.9. The third-order valence-electron chi connectivity index (χ3n) is 2.95. The molecule has 6 heteroatoms. The average molecular weight is 319 g/mol. The lowest BCUT2D eigenvalue weighted by atomic mass is 10.2. The van der Waals surface area contributed by atoms with Crippen LogP contribution in [0.4, 0.5) is 0 Å². The molecule has 0 fully saturated rings. The molecule has 0 aliphatic carbocycles. The van der Waals surface area contributed by atoms with E-state index in [0.717, 1.165) is 0 Å². The van der Waals surface area contributed by atoms with E-state index in [1.165, 1.54) is 12.1 Å². The summed E-state index contributed by atoms with van der Waals surface area (Å²) in [5, 5.41) is 15.4. The van der Waals surface area contributed by atoms with E-state index in [1.54, 1.807) is 36.4 Å². The summed E-state index contributed by atoms with van der Waals surface area (Å²) in [6.45, 7) is 0.535. The summed E-state index contributed by atoms with van der Waals surface area (Å²) in [5.41, 5.74) is 0.697. The van der Waals surface area contributed by atoms with Crippen molar-refractivity contribution in [3.63, 3.8) is 0 Å². The summed E-state index contributed by atoms with van der Waals surface area (Å²) in [4.78, 5) is 23.6. The summed E-state index contributed by atoms with van der Waals surface area (Å²) in [7, 11) is 0. The van der Waals surface area contributed by atoms with Crippen molar-refractivity contribution >= 4 is 23.4 Å². The van der Waals surface area contributed by atoms with Crippen LogP contribution in [0.1, 0.15) is 20.7 Å². The number of aromatic hydroxyl groups is 1. The van der Waals surface area contributed by atoms with E-state index in [0.29, 0.717) is 10.6 Å². The molecule has 2 aromatic rings. The Bertz CT molecular complexity index is 671. The third-order valence-corrected chi connectivity index (χ3v) is 3.20. The molecular weight excluding hydrogens is 304 g/mol. The molecule has 0 unspecified atom stereocenters. The molecule has 5 nitrogen and oxygen atoms in total. The molecule has 0 spiro atoms. The lowest BCUT2D eigenvalue weighted by Crippen LogP contribution is -2.34. The first kappa shape index (κ1) is 15.9. The van der Waals surface area contributed by atoms with Crippen molar-refractivity contribution in [2.75, 3.05) is 13.1 Å². The molecular formula is C16H15ClN2O3. The van der Waals surface area contributed by atoms with Crippen LogP contribution in [0.25, 0.3) is 0 Å². The van der Waals surface area contributed by atoms with Gasteiger partial charge in [0, 0.05) is 23.7 Å². The number of carbonyl (C=O) groups excluding carboxylic acids is 2. The Morgan fingerprint density at radius 3 is 2.14 bits per heavy atom. The van der Waals surface area contributed by atoms with Gasteiger partial charge in [0.05, 0.1) is 5.56 Å². The molecule has 0 bridgehead atoms. The number of amides is 2. The zero-order valence-corrected chi connectivity index (χ0v) is 12.4. The lowest BCUT2D eigenvalue weighted by Gasteiger charge is -2.08. The van der Waals surface area contributed by atoms with Crippen molar-refractivity contribution in [2.45, 2.75) is 0 Å². The van der Waals surface area contributed by atoms with Crippen LogP contribution in [0.5, 0.6) is 5.75 Å². The number of benzene rings is 2. The van der Waals surface area contributed by atoms with E-state index in [1.807, 2.05) is 0 Å². The highest BCUT2D eigenvalue weighted by atomic mass is 35.5. The first-order valence-electron chi connectivity index (χ1n) is 6.68. The van der Waals surface area contributed by atoms with Gasteiger partial charge in [0.2, 0.25) is 0 Å². The summed E-state index contributed by atoms with van der Waals surface area (Å²) in [5.74, 6) is -0.711. The molecule has 3 N–H and O–H groups in total. The van der Waals surface area contributed by atoms with Gasteiger partial charge in [-0.25, -0.2) is 0 Å². The molecule has 2 rings (SSSR count). The minimum Gasteiger partial charge on any atom is -0.507 e. The van der Waals surface area contributed by atoms with Crippen LogP contribution in [0.2, 0.25) is 5.02 Å². The summed E-state index contributed by atoms with van der Waals surface area (Å²) in [6, 6.07) is 12.8. The van der Waals surface area contributed by atoms with Crippen molar-refractivity contribution < 1.29 is 14.7 Å². The van der Waals surface area contributed by atoms with Crippen molar-refractivity contribution in [3.8, 4) is 5.75 Å². The molecule has 114 valence electrons. The molecule has 0 atom stereocenters. The molecule has 0 saturated carbocycles. The summed E-state index contributed by atoms with van der Waals surface area (Å²) in [6.07, 6.45) is 0. The monoisotopic (exact) mass is 318 g/mol. The molecule has 0 heterocycles. The Labute approximate surface area is 132 Å². The molecule has 0 aliphatic heterocycles. The van der Waals surface area contributed by atoms with E-state index >= 15 is 0 Å². The van der Waals surface area contributed by atoms with Gasteiger partial charge in [-0.1, -0.05) is 23.7 Å². The lowest BCUT2D eigenvalue weighted by molar-refractivity contribution is 0.0926. The molecule has 2 aromatic carbocycles. The zero-order valence-electron chi connectivity index (χ0n) is 11.7. The molecule has 2 amide bonds. The first-order valence-corrected chi connectivity index (χ1v) is 7.05. The highest BCUT2D eigenvalue weighted by molar-refractivity contribution is 6.30. The maximum Gasteiger partial charge on any atom is 0.255 e. The Morgan fingerprint density at radius 1 is 0.909 bits per heavy atom. The first-order chi connectivity index (χ1) is 10.6. The number of phenolic OH excluding ortho intramolecular Hbond substituents is 1. The van der Waals surface area contributed by atoms with Crippen LogP contribution in [0.15, 0.2) is 48.5 Å². The van der Waals surface area contributed by atoms with E-state index in [9.17, 15) is 14.7 Å². The number of para-hydroxylation sites is 1. The Morgan fingerprint density at radius 2 is 1.50 bits per heavy atom. The molecule has 0 saturated heterocycles. The standard InChI is InChI=1S/C16H15ClN2O3/c17-12-7-5-11(6-8-12)15(21)18-9-10-19-16(22)13-3-1-2-4-14(13)20/h1-8,20H,9-10H2,(H,18,21)(H,19,22). The minimum atomic E-state index is -0.390. The number of phenols is 1. The second-order valence-corrected chi connectivity index (χ2v) is 4.97. The van der Waals surface area contributed by atoms with Crippen LogP contribution < -0.4 is 10.6 Å². The Hall–Kier alpha value is -2.53. The van der Waals surface area contributed by atoms with Crippen molar-refractivity contribution in [1.29, 1.82) is 0 Å². The summed E-state index contributed by atoms with van der Waals surface area (Å²) < 4.78 is 0. The normalized spacial score (nSPS) is 10.0. The van der Waals surface area contributed by atoms with Gasteiger partial charge >= 0.3 is 0 Å². The smallest absolute Gasteiger partial charge is 0.255 e. The SMILES string of the molecule is O=C(NCCNC(=O)c1ccccc1O)c1ccc(Cl)cc1. The van der Waals surface area contributed by atoms with Crippen LogP contribution >= 0.6 is 11.6 Å². The van der Waals surface area contributed by atoms with Gasteiger partial charge in [-0.3, -0.25) is 9.59 Å². The fraction of sp³-hybridized carbons (Fsp3) is 0.125. The van der Waals surface area contributed by atoms with Crippen molar-refractivity contribution in [1.82, 2.24) is 10.6 Å². The third kappa shape index (κ3) is 4.23. The van der Waals surface area contributed by atoms with E-state index < -0.39 is 0 Å². The fourth-order valence-corrected chi connectivity index (χ4v) is 1.94. The molecule has 0 aromatic heterocycles. The number of hydrogen-bond donors (Lipinski definition) is 3. The van der Waals surface area contributed by atoms with Gasteiger partial charge in [-0.15, -0.1) is 0 Å². The Kier molecular flexibility index (Phi) is 5.38. The van der Waals surface area contributed by atoms with Crippen molar-refractivity contribution in [3.05, 3.63) is 64.7 Å². The minimum absolute atomic E-state index is 0.0785. The van der Waals surface area contributed by atoms with Crippen LogP contribution in [-0.4, -0.2) is 30.0 Å². The number of halogens is 1. The van der Waals surface area contributed by atoms with E-state index in [-0.39, 0.29) is 36.2 Å². The predicted octanol–water partition coefficient (Wildman–Crippen LogP) is 2.21. The highest BCUT2D eigenvalue weighted by Gasteiger charge is 2.09. The number of rotatable bonds is 5. The quantitative estimate of drug-likeness (QED) is 0.740. The molecule has 0 aliphatic rings. The predicted molar refractivity (Wildman–Crippen MR) is 84.2 cm³/mol. The maximum atomic E-state index is 11.8. The van der Waals surface area contributed by atoms with Gasteiger partial charge in [-0.2, -0.15) is 0 Å². The largest absolute Gasteiger partial charge is 0.507 e. The van der Waals surface area contributed by atoms with Crippen LogP contribution in [-0.2, 0) is 0 Å². The van der Waals surface area contributed by atoms with Crippen LogP contribution in [0.3, 0.4) is 0 Å². The van der Waals surface area contributed by atoms with Crippen LogP contribution in [0, 0.1) is 0 Å². The van der Waals surface area contributed by atoms with Gasteiger partial charge < -0.3 is 15.7 Å². The second kappa shape index (κ2) is 7.47. The van der Waals surface area contributed by atoms with Gasteiger partial charge in [0.15, 0.2) is 0 Å². The van der Waals surface area contributed by atoms with Gasteiger partial charge in [0.25, 0.3) is 11.8 Å². The topological polar surface area (TPSA) is 78.4 Å². The fourth-order valence-electron chi connectivity index (χ4n) is 1.82. The summed E-state index contributed by atoms with van der Waals surface area (Å²) >= 11 is 5.75.